The Morgan fingerprint density at radius 1 is 1.00 bits per heavy atom. The predicted octanol–water partition coefficient (Wildman–Crippen LogP) is 5.48. The van der Waals surface area contributed by atoms with Crippen LogP contribution in [0.25, 0.3) is 10.9 Å². The third kappa shape index (κ3) is 5.24. The van der Waals surface area contributed by atoms with E-state index in [1.54, 1.807) is 0 Å². The number of hydrogen-bond donors (Lipinski definition) is 3. The van der Waals surface area contributed by atoms with Crippen molar-refractivity contribution in [1.82, 2.24) is 10.3 Å². The highest BCUT2D eigenvalue weighted by molar-refractivity contribution is 6.10. The molecular weight excluding hydrogens is 396 g/mol. The summed E-state index contributed by atoms with van der Waals surface area (Å²) in [6, 6.07) is 23.9. The van der Waals surface area contributed by atoms with Crippen LogP contribution in [0.3, 0.4) is 0 Å². The molecule has 0 aliphatic heterocycles. The lowest BCUT2D eigenvalue weighted by molar-refractivity contribution is 0.0977. The molecule has 0 atom stereocenters. The van der Waals surface area contributed by atoms with Crippen LogP contribution in [0.1, 0.15) is 34.0 Å². The Morgan fingerprint density at radius 2 is 1.81 bits per heavy atom. The summed E-state index contributed by atoms with van der Waals surface area (Å²) < 4.78 is 0. The van der Waals surface area contributed by atoms with Gasteiger partial charge >= 0.3 is 0 Å². The molecule has 1 amide bonds. The number of rotatable bonds is 6. The van der Waals surface area contributed by atoms with Gasteiger partial charge in [-0.15, -0.1) is 0 Å². The molecule has 0 saturated heterocycles. The number of nitrogens with zero attached hydrogens (tertiary/aromatic N) is 1. The number of fused-ring (bicyclic) bond motifs is 1. The molecule has 0 unspecified atom stereocenters. The lowest BCUT2D eigenvalue weighted by Gasteiger charge is -2.13. The van der Waals surface area contributed by atoms with Crippen molar-refractivity contribution < 1.29 is 4.79 Å². The van der Waals surface area contributed by atoms with Crippen molar-refractivity contribution in [2.24, 2.45) is 4.99 Å². The third-order valence-electron chi connectivity index (χ3n) is 5.47. The number of anilines is 1. The highest BCUT2D eigenvalue weighted by Crippen LogP contribution is 2.18. The van der Waals surface area contributed by atoms with Gasteiger partial charge in [0.15, 0.2) is 0 Å². The van der Waals surface area contributed by atoms with Gasteiger partial charge in [0, 0.05) is 34.9 Å². The first-order valence-electron chi connectivity index (χ1n) is 11.0. The van der Waals surface area contributed by atoms with Gasteiger partial charge in [-0.05, 0) is 61.2 Å². The van der Waals surface area contributed by atoms with E-state index in [2.05, 4.69) is 46.8 Å². The zero-order chi connectivity index (χ0) is 22.3. The van der Waals surface area contributed by atoms with E-state index in [0.29, 0.717) is 18.1 Å². The number of para-hydroxylation sites is 1. The van der Waals surface area contributed by atoms with Gasteiger partial charge in [-0.25, -0.2) is 0 Å². The van der Waals surface area contributed by atoms with Gasteiger partial charge in [-0.1, -0.05) is 55.0 Å². The van der Waals surface area contributed by atoms with Crippen molar-refractivity contribution in [3.63, 3.8) is 0 Å². The normalized spacial score (nSPS) is 11.5. The molecule has 0 radical (unpaired) electrons. The van der Waals surface area contributed by atoms with E-state index in [1.165, 1.54) is 16.5 Å². The summed E-state index contributed by atoms with van der Waals surface area (Å²) >= 11 is 0. The van der Waals surface area contributed by atoms with Gasteiger partial charge < -0.3 is 10.3 Å². The average Bonchev–Trinajstić information content (AvgIpc) is 3.22. The third-order valence-corrected chi connectivity index (χ3v) is 5.47. The summed E-state index contributed by atoms with van der Waals surface area (Å²) in [6.45, 7) is 4.67. The zero-order valence-corrected chi connectivity index (χ0v) is 18.5. The van der Waals surface area contributed by atoms with Crippen LogP contribution < -0.4 is 10.6 Å². The Balaban J connectivity index is 1.52. The van der Waals surface area contributed by atoms with Gasteiger partial charge in [-0.2, -0.15) is 0 Å². The minimum atomic E-state index is -0.185. The van der Waals surface area contributed by atoms with Crippen LogP contribution in [0.5, 0.6) is 0 Å². The summed E-state index contributed by atoms with van der Waals surface area (Å²) in [6.07, 6.45) is 3.74. The van der Waals surface area contributed by atoms with Crippen LogP contribution in [0.15, 0.2) is 84.0 Å². The second-order valence-corrected chi connectivity index (χ2v) is 7.84. The summed E-state index contributed by atoms with van der Waals surface area (Å²) in [5.41, 5.74) is 6.17. The number of aliphatic imine (C=N–C) groups is 1. The molecule has 32 heavy (non-hydrogen) atoms. The molecule has 0 bridgehead atoms. The Hall–Kier alpha value is -3.86. The van der Waals surface area contributed by atoms with E-state index in [1.807, 2.05) is 61.7 Å². The monoisotopic (exact) mass is 424 g/mol. The molecule has 3 aromatic carbocycles. The van der Waals surface area contributed by atoms with E-state index in [9.17, 15) is 4.79 Å². The quantitative estimate of drug-likeness (QED) is 0.283. The fraction of sp³-hybridized carbons (Fsp3) is 0.185. The number of aromatic amines is 1. The van der Waals surface area contributed by atoms with Crippen molar-refractivity contribution in [3.8, 4) is 0 Å². The highest BCUT2D eigenvalue weighted by Gasteiger charge is 2.10. The SMILES string of the molecule is CCc1cccc(NC(=NCCc2c[nH]c3ccccc23)NC(=O)c2ccc(C)cc2)c1. The maximum atomic E-state index is 12.8. The van der Waals surface area contributed by atoms with Crippen LogP contribution in [0.2, 0.25) is 0 Å². The molecule has 0 aliphatic rings. The average molecular weight is 425 g/mol. The number of aromatic nitrogens is 1. The van der Waals surface area contributed by atoms with E-state index < -0.39 is 0 Å². The lowest BCUT2D eigenvalue weighted by atomic mass is 10.1. The summed E-state index contributed by atoms with van der Waals surface area (Å²) in [5, 5.41) is 7.45. The van der Waals surface area contributed by atoms with Crippen LogP contribution >= 0.6 is 0 Å². The molecule has 4 rings (SSSR count). The van der Waals surface area contributed by atoms with Gasteiger partial charge in [0.2, 0.25) is 5.96 Å². The first-order chi connectivity index (χ1) is 15.6. The summed E-state index contributed by atoms with van der Waals surface area (Å²) in [5.74, 6) is 0.263. The van der Waals surface area contributed by atoms with Crippen molar-refractivity contribution in [3.05, 3.63) is 101 Å². The number of H-pyrrole nitrogens is 1. The van der Waals surface area contributed by atoms with Crippen LogP contribution in [0, 0.1) is 6.92 Å². The molecule has 0 fully saturated rings. The number of guanidine groups is 1. The largest absolute Gasteiger partial charge is 0.361 e. The van der Waals surface area contributed by atoms with Gasteiger partial charge in [0.1, 0.15) is 0 Å². The van der Waals surface area contributed by atoms with Gasteiger partial charge in [0.25, 0.3) is 5.91 Å². The Morgan fingerprint density at radius 3 is 2.62 bits per heavy atom. The minimum Gasteiger partial charge on any atom is -0.361 e. The minimum absolute atomic E-state index is 0.185. The highest BCUT2D eigenvalue weighted by atomic mass is 16.1. The van der Waals surface area contributed by atoms with Crippen LogP contribution in [0.4, 0.5) is 5.69 Å². The second kappa shape index (κ2) is 9.96. The molecular formula is C27H28N4O. The number of aryl methyl sites for hydroxylation is 2. The van der Waals surface area contributed by atoms with E-state index in [0.717, 1.165) is 29.6 Å². The second-order valence-electron chi connectivity index (χ2n) is 7.84. The smallest absolute Gasteiger partial charge is 0.257 e. The fourth-order valence-electron chi connectivity index (χ4n) is 3.63. The van der Waals surface area contributed by atoms with E-state index in [-0.39, 0.29) is 5.91 Å². The van der Waals surface area contributed by atoms with Gasteiger partial charge in [0.05, 0.1) is 0 Å². The standard InChI is InChI=1S/C27H28N4O/c1-3-20-7-6-8-23(17-20)30-27(31-26(32)21-13-11-19(2)12-14-21)28-16-15-22-18-29-25-10-5-4-9-24(22)25/h4-14,17-18,29H,3,15-16H2,1-2H3,(H2,28,30,31,32). The van der Waals surface area contributed by atoms with Crippen molar-refractivity contribution >= 4 is 28.5 Å². The topological polar surface area (TPSA) is 69.3 Å². The molecule has 0 spiro atoms. The van der Waals surface area contributed by atoms with Crippen molar-refractivity contribution in [2.75, 3.05) is 11.9 Å². The molecule has 162 valence electrons. The molecule has 4 aromatic rings. The maximum absolute atomic E-state index is 12.8. The lowest BCUT2D eigenvalue weighted by Crippen LogP contribution is -2.36. The van der Waals surface area contributed by atoms with E-state index >= 15 is 0 Å². The van der Waals surface area contributed by atoms with Crippen molar-refractivity contribution in [2.45, 2.75) is 26.7 Å². The van der Waals surface area contributed by atoms with E-state index in [4.69, 9.17) is 4.99 Å². The molecule has 3 N–H and O–H groups in total. The molecule has 5 nitrogen and oxygen atoms in total. The van der Waals surface area contributed by atoms with Crippen LogP contribution in [-0.4, -0.2) is 23.4 Å². The molecule has 5 heteroatoms. The molecule has 1 aromatic heterocycles. The summed E-state index contributed by atoms with van der Waals surface area (Å²) in [7, 11) is 0. The fourth-order valence-corrected chi connectivity index (χ4v) is 3.63. The number of amides is 1. The number of carbonyl (C=O) groups is 1. The number of nitrogens with one attached hydrogen (secondary N) is 3. The number of hydrogen-bond acceptors (Lipinski definition) is 2. The first kappa shape index (κ1) is 21.4. The van der Waals surface area contributed by atoms with Crippen molar-refractivity contribution in [1.29, 1.82) is 0 Å². The maximum Gasteiger partial charge on any atom is 0.257 e. The molecule has 0 aliphatic carbocycles. The first-order valence-corrected chi connectivity index (χ1v) is 11.0. The Kier molecular flexibility index (Phi) is 6.66. The zero-order valence-electron chi connectivity index (χ0n) is 18.5. The summed E-state index contributed by atoms with van der Waals surface area (Å²) in [4.78, 5) is 20.8. The predicted molar refractivity (Wildman–Crippen MR) is 132 cm³/mol. The number of carbonyl (C=O) groups excluding carboxylic acids is 1. The number of benzene rings is 3. The molecule has 0 saturated carbocycles. The van der Waals surface area contributed by atoms with Gasteiger partial charge in [-0.3, -0.25) is 15.1 Å². The Bertz CT molecular complexity index is 1240. The molecule has 1 heterocycles. The Labute approximate surface area is 188 Å². The van der Waals surface area contributed by atoms with Crippen LogP contribution in [-0.2, 0) is 12.8 Å².